The maximum absolute atomic E-state index is 5.73. The fraction of sp³-hybridized carbons (Fsp3) is 0.600. The van der Waals surface area contributed by atoms with Crippen molar-refractivity contribution in [3.8, 4) is 0 Å². The zero-order chi connectivity index (χ0) is 13.7. The lowest BCUT2D eigenvalue weighted by Gasteiger charge is -2.13. The van der Waals surface area contributed by atoms with Gasteiger partial charge in [0.2, 0.25) is 0 Å². The third-order valence-electron chi connectivity index (χ3n) is 3.21. The number of rotatable bonds is 8. The Hall–Kier alpha value is -0.420. The Morgan fingerprint density at radius 2 is 2.21 bits per heavy atom. The Morgan fingerprint density at radius 3 is 2.84 bits per heavy atom. The van der Waals surface area contributed by atoms with Crippen LogP contribution in [0.25, 0.3) is 0 Å². The van der Waals surface area contributed by atoms with E-state index in [1.807, 2.05) is 6.92 Å². The van der Waals surface area contributed by atoms with Gasteiger partial charge in [-0.2, -0.15) is 0 Å². The van der Waals surface area contributed by atoms with E-state index >= 15 is 0 Å². The smallest absolute Gasteiger partial charge is 0.0784 e. The standard InChI is InChI=1S/C15H22BrNO2/c1-11(9-18-2)19-10-13-4-3-12(7-15(13)16)8-17-14-5-6-14/h3-4,7,11,14,17H,5-6,8-10H2,1-2H3. The highest BCUT2D eigenvalue weighted by Crippen LogP contribution is 2.22. The summed E-state index contributed by atoms with van der Waals surface area (Å²) >= 11 is 3.62. The third kappa shape index (κ3) is 5.22. The number of hydrogen-bond donors (Lipinski definition) is 1. The van der Waals surface area contributed by atoms with E-state index in [2.05, 4.69) is 39.4 Å². The minimum Gasteiger partial charge on any atom is -0.382 e. The molecule has 0 heterocycles. The maximum Gasteiger partial charge on any atom is 0.0784 e. The minimum absolute atomic E-state index is 0.119. The number of nitrogens with one attached hydrogen (secondary N) is 1. The second-order valence-electron chi connectivity index (χ2n) is 5.16. The van der Waals surface area contributed by atoms with E-state index in [1.165, 1.54) is 24.0 Å². The van der Waals surface area contributed by atoms with E-state index in [1.54, 1.807) is 7.11 Å². The molecule has 1 fully saturated rings. The summed E-state index contributed by atoms with van der Waals surface area (Å²) in [6, 6.07) is 7.22. The van der Waals surface area contributed by atoms with Gasteiger partial charge in [-0.1, -0.05) is 28.1 Å². The highest BCUT2D eigenvalue weighted by Gasteiger charge is 2.19. The van der Waals surface area contributed by atoms with Crippen LogP contribution in [0, 0.1) is 0 Å². The number of methoxy groups -OCH3 is 1. The van der Waals surface area contributed by atoms with Crippen LogP contribution in [0.4, 0.5) is 0 Å². The molecule has 0 spiro atoms. The van der Waals surface area contributed by atoms with Crippen LogP contribution in [-0.4, -0.2) is 25.9 Å². The zero-order valence-corrected chi connectivity index (χ0v) is 13.2. The van der Waals surface area contributed by atoms with Crippen molar-refractivity contribution in [1.29, 1.82) is 0 Å². The Kier molecular flexibility index (Phi) is 5.82. The topological polar surface area (TPSA) is 30.5 Å². The number of benzene rings is 1. The van der Waals surface area contributed by atoms with Crippen LogP contribution < -0.4 is 5.32 Å². The first-order chi connectivity index (χ1) is 9.19. The van der Waals surface area contributed by atoms with Crippen molar-refractivity contribution >= 4 is 15.9 Å². The van der Waals surface area contributed by atoms with Crippen LogP contribution in [0.15, 0.2) is 22.7 Å². The van der Waals surface area contributed by atoms with Gasteiger partial charge >= 0.3 is 0 Å². The molecule has 0 aliphatic heterocycles. The van der Waals surface area contributed by atoms with Crippen molar-refractivity contribution in [3.63, 3.8) is 0 Å². The van der Waals surface area contributed by atoms with Gasteiger partial charge in [-0.3, -0.25) is 0 Å². The SMILES string of the molecule is COCC(C)OCc1ccc(CNC2CC2)cc1Br. The molecule has 0 saturated heterocycles. The molecule has 4 heteroatoms. The van der Waals surface area contributed by atoms with E-state index in [0.717, 1.165) is 17.1 Å². The maximum atomic E-state index is 5.73. The van der Waals surface area contributed by atoms with Crippen molar-refractivity contribution in [1.82, 2.24) is 5.32 Å². The van der Waals surface area contributed by atoms with Crippen molar-refractivity contribution < 1.29 is 9.47 Å². The Bertz CT molecular complexity index is 407. The Labute approximate surface area is 123 Å². The predicted octanol–water partition coefficient (Wildman–Crippen LogP) is 3.25. The Balaban J connectivity index is 1.83. The summed E-state index contributed by atoms with van der Waals surface area (Å²) in [6.07, 6.45) is 2.77. The van der Waals surface area contributed by atoms with Gasteiger partial charge in [-0.15, -0.1) is 0 Å². The Morgan fingerprint density at radius 1 is 1.42 bits per heavy atom. The third-order valence-corrected chi connectivity index (χ3v) is 3.95. The monoisotopic (exact) mass is 327 g/mol. The molecular formula is C15H22BrNO2. The van der Waals surface area contributed by atoms with Gasteiger partial charge in [0.15, 0.2) is 0 Å². The molecule has 0 bridgehead atoms. The molecule has 0 radical (unpaired) electrons. The highest BCUT2D eigenvalue weighted by atomic mass is 79.9. The van der Waals surface area contributed by atoms with E-state index in [9.17, 15) is 0 Å². The first kappa shape index (κ1) is 15.0. The molecule has 1 aromatic carbocycles. The second-order valence-corrected chi connectivity index (χ2v) is 6.01. The minimum atomic E-state index is 0.119. The average Bonchev–Trinajstić information content (AvgIpc) is 3.19. The summed E-state index contributed by atoms with van der Waals surface area (Å²) < 4.78 is 11.9. The van der Waals surface area contributed by atoms with Gasteiger partial charge in [-0.05, 0) is 37.0 Å². The predicted molar refractivity (Wildman–Crippen MR) is 80.1 cm³/mol. The molecule has 0 aromatic heterocycles. The molecule has 1 N–H and O–H groups in total. The number of halogens is 1. The van der Waals surface area contributed by atoms with Gasteiger partial charge < -0.3 is 14.8 Å². The van der Waals surface area contributed by atoms with Crippen molar-refractivity contribution in [3.05, 3.63) is 33.8 Å². The van der Waals surface area contributed by atoms with Crippen molar-refractivity contribution in [2.75, 3.05) is 13.7 Å². The molecule has 1 atom stereocenters. The van der Waals surface area contributed by atoms with Crippen molar-refractivity contribution in [2.45, 2.75) is 45.1 Å². The van der Waals surface area contributed by atoms with E-state index in [4.69, 9.17) is 9.47 Å². The summed E-state index contributed by atoms with van der Waals surface area (Å²) in [7, 11) is 1.69. The van der Waals surface area contributed by atoms with Gasteiger partial charge in [0, 0.05) is 24.2 Å². The normalized spacial score (nSPS) is 16.6. The van der Waals surface area contributed by atoms with Gasteiger partial charge in [0.1, 0.15) is 0 Å². The van der Waals surface area contributed by atoms with Gasteiger partial charge in [0.05, 0.1) is 19.3 Å². The molecule has 106 valence electrons. The van der Waals surface area contributed by atoms with E-state index in [-0.39, 0.29) is 6.10 Å². The molecule has 3 nitrogen and oxygen atoms in total. The van der Waals surface area contributed by atoms with Crippen LogP contribution in [-0.2, 0) is 22.6 Å². The summed E-state index contributed by atoms with van der Waals surface area (Å²) in [5.74, 6) is 0. The second kappa shape index (κ2) is 7.39. The molecule has 1 aliphatic rings. The fourth-order valence-corrected chi connectivity index (χ4v) is 2.42. The van der Waals surface area contributed by atoms with E-state index in [0.29, 0.717) is 13.2 Å². The molecule has 1 unspecified atom stereocenters. The van der Waals surface area contributed by atoms with Gasteiger partial charge in [0.25, 0.3) is 0 Å². The molecular weight excluding hydrogens is 306 g/mol. The average molecular weight is 328 g/mol. The van der Waals surface area contributed by atoms with Gasteiger partial charge in [-0.25, -0.2) is 0 Å². The summed E-state index contributed by atoms with van der Waals surface area (Å²) in [5.41, 5.74) is 2.49. The zero-order valence-electron chi connectivity index (χ0n) is 11.6. The summed E-state index contributed by atoms with van der Waals surface area (Å²) in [5, 5.41) is 3.52. The lowest BCUT2D eigenvalue weighted by atomic mass is 10.1. The molecule has 0 amide bonds. The van der Waals surface area contributed by atoms with Crippen molar-refractivity contribution in [2.24, 2.45) is 0 Å². The molecule has 1 aliphatic carbocycles. The summed E-state index contributed by atoms with van der Waals surface area (Å²) in [6.45, 7) is 4.21. The van der Waals surface area contributed by atoms with Crippen LogP contribution in [0.2, 0.25) is 0 Å². The first-order valence-electron chi connectivity index (χ1n) is 6.80. The van der Waals surface area contributed by atoms with E-state index < -0.39 is 0 Å². The highest BCUT2D eigenvalue weighted by molar-refractivity contribution is 9.10. The number of ether oxygens (including phenoxy) is 2. The van der Waals surface area contributed by atoms with Crippen LogP contribution in [0.1, 0.15) is 30.9 Å². The van der Waals surface area contributed by atoms with Crippen LogP contribution in [0.5, 0.6) is 0 Å². The quantitative estimate of drug-likeness (QED) is 0.795. The lowest BCUT2D eigenvalue weighted by molar-refractivity contribution is -0.000332. The number of hydrogen-bond acceptors (Lipinski definition) is 3. The first-order valence-corrected chi connectivity index (χ1v) is 7.59. The van der Waals surface area contributed by atoms with Crippen LogP contribution in [0.3, 0.4) is 0 Å². The molecule has 2 rings (SSSR count). The lowest BCUT2D eigenvalue weighted by Crippen LogP contribution is -2.16. The molecule has 1 saturated carbocycles. The largest absolute Gasteiger partial charge is 0.382 e. The molecule has 1 aromatic rings. The fourth-order valence-electron chi connectivity index (χ4n) is 1.88. The molecule has 19 heavy (non-hydrogen) atoms. The van der Waals surface area contributed by atoms with Crippen LogP contribution >= 0.6 is 15.9 Å². The summed E-state index contributed by atoms with van der Waals surface area (Å²) in [4.78, 5) is 0.